The van der Waals surface area contributed by atoms with E-state index in [1.807, 2.05) is 18.2 Å². The van der Waals surface area contributed by atoms with Gasteiger partial charge in [0, 0.05) is 17.1 Å². The fourth-order valence-corrected chi connectivity index (χ4v) is 1.97. The van der Waals surface area contributed by atoms with Crippen LogP contribution in [0.15, 0.2) is 24.3 Å². The lowest BCUT2D eigenvalue weighted by Gasteiger charge is -2.16. The highest BCUT2D eigenvalue weighted by Gasteiger charge is 2.11. The van der Waals surface area contributed by atoms with E-state index in [4.69, 9.17) is 16.3 Å². The lowest BCUT2D eigenvalue weighted by atomic mass is 9.99. The van der Waals surface area contributed by atoms with Gasteiger partial charge in [-0.1, -0.05) is 17.7 Å². The molecule has 2 rings (SSSR count). The zero-order chi connectivity index (χ0) is 10.7. The molecule has 0 unspecified atom stereocenters. The first kappa shape index (κ1) is 10.5. The van der Waals surface area contributed by atoms with Crippen LogP contribution in [0.1, 0.15) is 12.0 Å². The number of nitrogens with one attached hydrogen (secondary N) is 1. The fourth-order valence-electron chi connectivity index (χ4n) is 1.80. The van der Waals surface area contributed by atoms with Crippen molar-refractivity contribution in [2.24, 2.45) is 0 Å². The molecule has 0 amide bonds. The van der Waals surface area contributed by atoms with Crippen molar-refractivity contribution in [1.82, 2.24) is 5.32 Å². The second-order valence-electron chi connectivity index (χ2n) is 3.53. The number of methoxy groups -OCH3 is 1. The summed E-state index contributed by atoms with van der Waals surface area (Å²) in [4.78, 5) is 0. The van der Waals surface area contributed by atoms with Crippen LogP contribution in [0.25, 0.3) is 5.57 Å². The van der Waals surface area contributed by atoms with E-state index in [0.29, 0.717) is 0 Å². The van der Waals surface area contributed by atoms with Crippen molar-refractivity contribution in [2.75, 3.05) is 20.2 Å². The summed E-state index contributed by atoms with van der Waals surface area (Å²) in [7, 11) is 1.69. The minimum atomic E-state index is 0.755. The molecule has 2 nitrogen and oxygen atoms in total. The van der Waals surface area contributed by atoms with Crippen molar-refractivity contribution in [2.45, 2.75) is 6.42 Å². The molecule has 1 N–H and O–H groups in total. The molecular formula is C12H14ClNO. The molecule has 1 aromatic rings. The number of benzene rings is 1. The predicted octanol–water partition coefficient (Wildman–Crippen LogP) is 2.73. The summed E-state index contributed by atoms with van der Waals surface area (Å²) in [5.74, 6) is 0.896. The Bertz CT molecular complexity index is 387. The summed E-state index contributed by atoms with van der Waals surface area (Å²) in [5, 5.41) is 4.04. The van der Waals surface area contributed by atoms with Gasteiger partial charge in [-0.3, -0.25) is 0 Å². The quantitative estimate of drug-likeness (QED) is 0.833. The SMILES string of the molecule is COc1ccc(Cl)cc1C1=CCNCC1. The second kappa shape index (κ2) is 4.69. The van der Waals surface area contributed by atoms with Gasteiger partial charge < -0.3 is 10.1 Å². The maximum absolute atomic E-state index is 5.99. The van der Waals surface area contributed by atoms with Crippen LogP contribution in [0.3, 0.4) is 0 Å². The zero-order valence-corrected chi connectivity index (χ0v) is 9.47. The molecule has 0 saturated carbocycles. The molecule has 0 aromatic heterocycles. The van der Waals surface area contributed by atoms with Crippen LogP contribution >= 0.6 is 11.6 Å². The number of hydrogen-bond acceptors (Lipinski definition) is 2. The lowest BCUT2D eigenvalue weighted by Crippen LogP contribution is -2.20. The van der Waals surface area contributed by atoms with Crippen molar-refractivity contribution < 1.29 is 4.74 Å². The van der Waals surface area contributed by atoms with Crippen molar-refractivity contribution in [3.8, 4) is 5.75 Å². The summed E-state index contributed by atoms with van der Waals surface area (Å²) in [6, 6.07) is 5.74. The minimum Gasteiger partial charge on any atom is -0.496 e. The maximum atomic E-state index is 5.99. The van der Waals surface area contributed by atoms with Crippen molar-refractivity contribution in [3.63, 3.8) is 0 Å². The van der Waals surface area contributed by atoms with E-state index in [1.165, 1.54) is 5.57 Å². The zero-order valence-electron chi connectivity index (χ0n) is 8.72. The van der Waals surface area contributed by atoms with Crippen LogP contribution in [0, 0.1) is 0 Å². The molecule has 3 heteroatoms. The standard InChI is InChI=1S/C12H14ClNO/c1-15-12-3-2-10(13)8-11(12)9-4-6-14-7-5-9/h2-4,8,14H,5-7H2,1H3. The van der Waals surface area contributed by atoms with Crippen LogP contribution in [-0.2, 0) is 0 Å². The molecule has 15 heavy (non-hydrogen) atoms. The summed E-state index contributed by atoms with van der Waals surface area (Å²) in [5.41, 5.74) is 2.43. The Labute approximate surface area is 94.9 Å². The Hall–Kier alpha value is -0.990. The lowest BCUT2D eigenvalue weighted by molar-refractivity contribution is 0.413. The maximum Gasteiger partial charge on any atom is 0.126 e. The van der Waals surface area contributed by atoms with Crippen molar-refractivity contribution >= 4 is 17.2 Å². The number of ether oxygens (including phenoxy) is 1. The Morgan fingerprint density at radius 3 is 2.93 bits per heavy atom. The van der Waals surface area contributed by atoms with E-state index in [-0.39, 0.29) is 0 Å². The van der Waals surface area contributed by atoms with Crippen LogP contribution in [0.4, 0.5) is 0 Å². The van der Waals surface area contributed by atoms with Crippen LogP contribution in [-0.4, -0.2) is 20.2 Å². The molecule has 0 aliphatic carbocycles. The minimum absolute atomic E-state index is 0.755. The highest BCUT2D eigenvalue weighted by Crippen LogP contribution is 2.31. The number of rotatable bonds is 2. The fraction of sp³-hybridized carbons (Fsp3) is 0.333. The van der Waals surface area contributed by atoms with Crippen LogP contribution < -0.4 is 10.1 Å². The van der Waals surface area contributed by atoms with E-state index < -0.39 is 0 Å². The highest BCUT2D eigenvalue weighted by molar-refractivity contribution is 6.30. The third-order valence-electron chi connectivity index (χ3n) is 2.57. The summed E-state index contributed by atoms with van der Waals surface area (Å²) >= 11 is 5.99. The molecule has 0 atom stereocenters. The molecule has 0 bridgehead atoms. The van der Waals surface area contributed by atoms with Gasteiger partial charge in [-0.05, 0) is 36.7 Å². The summed E-state index contributed by atoms with van der Waals surface area (Å²) < 4.78 is 5.33. The van der Waals surface area contributed by atoms with Gasteiger partial charge in [-0.15, -0.1) is 0 Å². The first-order valence-electron chi connectivity index (χ1n) is 5.05. The normalized spacial score (nSPS) is 16.0. The Morgan fingerprint density at radius 2 is 2.27 bits per heavy atom. The summed E-state index contributed by atoms with van der Waals surface area (Å²) in [6.07, 6.45) is 3.22. The van der Waals surface area contributed by atoms with E-state index >= 15 is 0 Å². The molecule has 0 saturated heterocycles. The largest absolute Gasteiger partial charge is 0.496 e. The summed E-state index contributed by atoms with van der Waals surface area (Å²) in [6.45, 7) is 1.94. The van der Waals surface area contributed by atoms with E-state index in [1.54, 1.807) is 7.11 Å². The number of hydrogen-bond donors (Lipinski definition) is 1. The van der Waals surface area contributed by atoms with Crippen LogP contribution in [0.2, 0.25) is 5.02 Å². The van der Waals surface area contributed by atoms with Crippen molar-refractivity contribution in [3.05, 3.63) is 34.9 Å². The van der Waals surface area contributed by atoms with Gasteiger partial charge in [0.05, 0.1) is 7.11 Å². The Balaban J connectivity index is 2.40. The smallest absolute Gasteiger partial charge is 0.126 e. The van der Waals surface area contributed by atoms with E-state index in [2.05, 4.69) is 11.4 Å². The first-order chi connectivity index (χ1) is 7.31. The molecule has 1 heterocycles. The predicted molar refractivity (Wildman–Crippen MR) is 63.5 cm³/mol. The van der Waals surface area contributed by atoms with Gasteiger partial charge in [0.2, 0.25) is 0 Å². The van der Waals surface area contributed by atoms with Gasteiger partial charge in [0.15, 0.2) is 0 Å². The molecule has 1 aromatic carbocycles. The van der Waals surface area contributed by atoms with E-state index in [0.717, 1.165) is 35.8 Å². The van der Waals surface area contributed by atoms with Gasteiger partial charge in [0.1, 0.15) is 5.75 Å². The third-order valence-corrected chi connectivity index (χ3v) is 2.81. The highest BCUT2D eigenvalue weighted by atomic mass is 35.5. The number of halogens is 1. The first-order valence-corrected chi connectivity index (χ1v) is 5.42. The van der Waals surface area contributed by atoms with Gasteiger partial charge in [-0.25, -0.2) is 0 Å². The Morgan fingerprint density at radius 1 is 1.40 bits per heavy atom. The molecule has 1 aliphatic rings. The molecule has 0 radical (unpaired) electrons. The van der Waals surface area contributed by atoms with Gasteiger partial charge >= 0.3 is 0 Å². The molecule has 1 aliphatic heterocycles. The van der Waals surface area contributed by atoms with Gasteiger partial charge in [-0.2, -0.15) is 0 Å². The van der Waals surface area contributed by atoms with Crippen LogP contribution in [0.5, 0.6) is 5.75 Å². The monoisotopic (exact) mass is 223 g/mol. The topological polar surface area (TPSA) is 21.3 Å². The average molecular weight is 224 g/mol. The van der Waals surface area contributed by atoms with E-state index in [9.17, 15) is 0 Å². The molecule has 80 valence electrons. The van der Waals surface area contributed by atoms with Crippen molar-refractivity contribution in [1.29, 1.82) is 0 Å². The third kappa shape index (κ3) is 2.33. The molecule has 0 fully saturated rings. The Kier molecular flexibility index (Phi) is 3.29. The van der Waals surface area contributed by atoms with Gasteiger partial charge in [0.25, 0.3) is 0 Å². The molecular weight excluding hydrogens is 210 g/mol. The molecule has 0 spiro atoms. The average Bonchev–Trinajstić information content (AvgIpc) is 2.30. The second-order valence-corrected chi connectivity index (χ2v) is 3.96.